The first kappa shape index (κ1) is 26.3. The molecule has 210 valence electrons. The number of nitrogens with one attached hydrogen (secondary N) is 1. The Hall–Kier alpha value is -3.92. The van der Waals surface area contributed by atoms with E-state index >= 15 is 4.39 Å². The molecule has 0 spiro atoms. The number of aromatic amines is 1. The molecule has 0 atom stereocenters. The first-order chi connectivity index (χ1) is 19.5. The summed E-state index contributed by atoms with van der Waals surface area (Å²) in [5, 5.41) is 1.05. The van der Waals surface area contributed by atoms with Gasteiger partial charge in [-0.2, -0.15) is 0 Å². The van der Waals surface area contributed by atoms with Gasteiger partial charge in [0.15, 0.2) is 23.1 Å². The van der Waals surface area contributed by atoms with Crippen molar-refractivity contribution in [2.45, 2.75) is 32.6 Å². The molecule has 10 heteroatoms. The lowest BCUT2D eigenvalue weighted by atomic mass is 9.97. The first-order valence-corrected chi connectivity index (χ1v) is 13.9. The SMILES string of the molecule is COc1cc2c(Oc3ccc4[nH]c(C)cc4c3F)ncnc2cc1OCC1CCN(C(=O)CN2CCCC2)CC1. The van der Waals surface area contributed by atoms with E-state index in [1.165, 1.54) is 19.2 Å². The Bertz CT molecular complexity index is 1530. The first-order valence-electron chi connectivity index (χ1n) is 13.9. The fraction of sp³-hybridized carbons (Fsp3) is 0.433. The van der Waals surface area contributed by atoms with E-state index in [1.54, 1.807) is 37.4 Å². The van der Waals surface area contributed by atoms with Gasteiger partial charge in [0, 0.05) is 35.8 Å². The largest absolute Gasteiger partial charge is 0.493 e. The van der Waals surface area contributed by atoms with Crippen LogP contribution >= 0.6 is 0 Å². The number of rotatable bonds is 8. The molecular formula is C30H34FN5O4. The van der Waals surface area contributed by atoms with Gasteiger partial charge in [-0.3, -0.25) is 9.69 Å². The quantitative estimate of drug-likeness (QED) is 0.329. The summed E-state index contributed by atoms with van der Waals surface area (Å²) >= 11 is 0. The Labute approximate surface area is 232 Å². The predicted molar refractivity (Wildman–Crippen MR) is 150 cm³/mol. The van der Waals surface area contributed by atoms with Crippen molar-refractivity contribution in [1.29, 1.82) is 0 Å². The van der Waals surface area contributed by atoms with Gasteiger partial charge < -0.3 is 24.1 Å². The van der Waals surface area contributed by atoms with Crippen LogP contribution in [-0.4, -0.2) is 77.1 Å². The van der Waals surface area contributed by atoms with Crippen LogP contribution in [0.25, 0.3) is 21.8 Å². The lowest BCUT2D eigenvalue weighted by molar-refractivity contribution is -0.133. The number of H-pyrrole nitrogens is 1. The highest BCUT2D eigenvalue weighted by atomic mass is 19.1. The van der Waals surface area contributed by atoms with E-state index in [-0.39, 0.29) is 17.5 Å². The summed E-state index contributed by atoms with van der Waals surface area (Å²) in [6.45, 7) is 6.51. The zero-order valence-corrected chi connectivity index (χ0v) is 22.9. The minimum absolute atomic E-state index is 0.0797. The molecule has 6 rings (SSSR count). The Balaban J connectivity index is 1.13. The van der Waals surface area contributed by atoms with Crippen LogP contribution in [0.5, 0.6) is 23.1 Å². The normalized spacial score (nSPS) is 16.6. The highest BCUT2D eigenvalue weighted by Crippen LogP contribution is 2.38. The number of hydrogen-bond acceptors (Lipinski definition) is 7. The van der Waals surface area contributed by atoms with Crippen LogP contribution < -0.4 is 14.2 Å². The second kappa shape index (κ2) is 11.3. The Morgan fingerprint density at radius 1 is 1.02 bits per heavy atom. The number of aryl methyl sites for hydroxylation is 1. The molecule has 4 heterocycles. The van der Waals surface area contributed by atoms with Crippen molar-refractivity contribution >= 4 is 27.7 Å². The number of fused-ring (bicyclic) bond motifs is 2. The van der Waals surface area contributed by atoms with E-state index in [9.17, 15) is 4.79 Å². The molecule has 0 saturated carbocycles. The van der Waals surface area contributed by atoms with Gasteiger partial charge in [0.25, 0.3) is 0 Å². The Morgan fingerprint density at radius 3 is 2.60 bits per heavy atom. The van der Waals surface area contributed by atoms with Gasteiger partial charge in [-0.25, -0.2) is 14.4 Å². The standard InChI is InChI=1S/C30H34FN5O4/c1-19-13-21-23(34-19)5-6-25(29(21)31)40-30-22-14-26(38-2)27(15-24(22)32-18-33-30)39-17-20-7-11-36(12-8-20)28(37)16-35-9-3-4-10-35/h5-6,13-15,18,20,34H,3-4,7-12,16-17H2,1-2H3. The molecule has 2 aromatic carbocycles. The number of halogens is 1. The van der Waals surface area contributed by atoms with Crippen molar-refractivity contribution in [3.8, 4) is 23.1 Å². The van der Waals surface area contributed by atoms with Crippen LogP contribution in [0.2, 0.25) is 0 Å². The van der Waals surface area contributed by atoms with E-state index in [0.717, 1.165) is 44.7 Å². The van der Waals surface area contributed by atoms with E-state index in [4.69, 9.17) is 14.2 Å². The minimum Gasteiger partial charge on any atom is -0.493 e. The number of nitrogens with zero attached hydrogens (tertiary/aromatic N) is 4. The number of hydrogen-bond donors (Lipinski definition) is 1. The summed E-state index contributed by atoms with van der Waals surface area (Å²) in [6, 6.07) is 8.67. The maximum Gasteiger partial charge on any atom is 0.236 e. The molecule has 2 saturated heterocycles. The van der Waals surface area contributed by atoms with Crippen LogP contribution in [0.4, 0.5) is 4.39 Å². The zero-order valence-electron chi connectivity index (χ0n) is 22.9. The molecule has 2 fully saturated rings. The topological polar surface area (TPSA) is 92.8 Å². The van der Waals surface area contributed by atoms with E-state index in [2.05, 4.69) is 19.9 Å². The fourth-order valence-electron chi connectivity index (χ4n) is 5.65. The summed E-state index contributed by atoms with van der Waals surface area (Å²) in [5.74, 6) is 1.52. The highest BCUT2D eigenvalue weighted by Gasteiger charge is 2.26. The molecule has 0 aliphatic carbocycles. The maximum atomic E-state index is 15.2. The third-order valence-electron chi connectivity index (χ3n) is 7.93. The predicted octanol–water partition coefficient (Wildman–Crippen LogP) is 5.07. The van der Waals surface area contributed by atoms with Gasteiger partial charge in [-0.15, -0.1) is 0 Å². The third kappa shape index (κ3) is 5.40. The molecule has 1 amide bonds. The molecule has 40 heavy (non-hydrogen) atoms. The van der Waals surface area contributed by atoms with E-state index in [1.807, 2.05) is 11.8 Å². The van der Waals surface area contributed by atoms with Crippen molar-refractivity contribution in [3.63, 3.8) is 0 Å². The summed E-state index contributed by atoms with van der Waals surface area (Å²) in [6.07, 6.45) is 5.57. The Morgan fingerprint density at radius 2 is 1.82 bits per heavy atom. The summed E-state index contributed by atoms with van der Waals surface area (Å²) in [7, 11) is 1.57. The van der Waals surface area contributed by atoms with Crippen molar-refractivity contribution < 1.29 is 23.4 Å². The number of aromatic nitrogens is 3. The number of amides is 1. The number of likely N-dealkylation sites (tertiary alicyclic amines) is 2. The molecule has 0 radical (unpaired) electrons. The summed E-state index contributed by atoms with van der Waals surface area (Å²) < 4.78 is 32.9. The Kier molecular flexibility index (Phi) is 7.42. The summed E-state index contributed by atoms with van der Waals surface area (Å²) in [4.78, 5) is 28.7. The van der Waals surface area contributed by atoms with Gasteiger partial charge in [0.2, 0.25) is 11.8 Å². The lowest BCUT2D eigenvalue weighted by Crippen LogP contribution is -2.44. The number of carbonyl (C=O) groups is 1. The van der Waals surface area contributed by atoms with Crippen molar-refractivity contribution in [2.24, 2.45) is 5.92 Å². The smallest absolute Gasteiger partial charge is 0.236 e. The van der Waals surface area contributed by atoms with Gasteiger partial charge >= 0.3 is 0 Å². The third-order valence-corrected chi connectivity index (χ3v) is 7.93. The average molecular weight is 548 g/mol. The van der Waals surface area contributed by atoms with Crippen molar-refractivity contribution in [1.82, 2.24) is 24.8 Å². The van der Waals surface area contributed by atoms with Crippen molar-refractivity contribution in [3.05, 3.63) is 48.2 Å². The van der Waals surface area contributed by atoms with Gasteiger partial charge in [-0.05, 0) is 75.9 Å². The second-order valence-electron chi connectivity index (χ2n) is 10.7. The van der Waals surface area contributed by atoms with E-state index in [0.29, 0.717) is 52.4 Å². The van der Waals surface area contributed by atoms with Gasteiger partial charge in [-0.1, -0.05) is 0 Å². The van der Waals surface area contributed by atoms with Crippen LogP contribution in [0.15, 0.2) is 36.7 Å². The van der Waals surface area contributed by atoms with Crippen molar-refractivity contribution in [2.75, 3.05) is 46.4 Å². The molecule has 4 aromatic rings. The number of carbonyl (C=O) groups excluding carboxylic acids is 1. The molecule has 2 aliphatic heterocycles. The maximum absolute atomic E-state index is 15.2. The second-order valence-corrected chi connectivity index (χ2v) is 10.7. The molecule has 0 unspecified atom stereocenters. The molecular weight excluding hydrogens is 513 g/mol. The molecule has 9 nitrogen and oxygen atoms in total. The van der Waals surface area contributed by atoms with Crippen LogP contribution in [0.3, 0.4) is 0 Å². The minimum atomic E-state index is -0.454. The van der Waals surface area contributed by atoms with Gasteiger partial charge in [0.1, 0.15) is 6.33 Å². The number of ether oxygens (including phenoxy) is 3. The summed E-state index contributed by atoms with van der Waals surface area (Å²) in [5.41, 5.74) is 2.17. The van der Waals surface area contributed by atoms with Crippen LogP contribution in [-0.2, 0) is 4.79 Å². The van der Waals surface area contributed by atoms with Crippen LogP contribution in [0.1, 0.15) is 31.4 Å². The molecule has 0 bridgehead atoms. The molecule has 2 aliphatic rings. The van der Waals surface area contributed by atoms with Gasteiger partial charge in [0.05, 0.1) is 31.2 Å². The number of benzene rings is 2. The van der Waals surface area contributed by atoms with Crippen LogP contribution in [0, 0.1) is 18.7 Å². The fourth-order valence-corrected chi connectivity index (χ4v) is 5.65. The number of methoxy groups -OCH3 is 1. The average Bonchev–Trinajstić information content (AvgIpc) is 3.62. The van der Waals surface area contributed by atoms with E-state index < -0.39 is 5.82 Å². The number of piperidine rings is 1. The zero-order chi connectivity index (χ0) is 27.6. The lowest BCUT2D eigenvalue weighted by Gasteiger charge is -2.33. The molecule has 2 aromatic heterocycles. The molecule has 1 N–H and O–H groups in total. The highest BCUT2D eigenvalue weighted by molar-refractivity contribution is 5.87. The monoisotopic (exact) mass is 547 g/mol.